The van der Waals surface area contributed by atoms with Gasteiger partial charge in [-0.2, -0.15) is 8.42 Å². The van der Waals surface area contributed by atoms with Crippen molar-refractivity contribution in [3.8, 4) is 5.75 Å². The van der Waals surface area contributed by atoms with E-state index in [9.17, 15) is 13.2 Å². The van der Waals surface area contributed by atoms with Crippen LogP contribution < -0.4 is 4.18 Å². The molecule has 0 aliphatic heterocycles. The molecule has 0 spiro atoms. The van der Waals surface area contributed by atoms with Crippen molar-refractivity contribution in [1.29, 1.82) is 0 Å². The quantitative estimate of drug-likeness (QED) is 0.678. The lowest BCUT2D eigenvalue weighted by atomic mass is 9.85. The molecule has 0 heterocycles. The molecule has 0 amide bonds. The number of hydrogen-bond acceptors (Lipinski definition) is 4. The lowest BCUT2D eigenvalue weighted by molar-refractivity contribution is 0.103. The van der Waals surface area contributed by atoms with E-state index >= 15 is 0 Å². The van der Waals surface area contributed by atoms with Crippen molar-refractivity contribution >= 4 is 15.9 Å². The molecule has 0 N–H and O–H groups in total. The van der Waals surface area contributed by atoms with Crippen LogP contribution in [0.15, 0.2) is 42.5 Å². The monoisotopic (exact) mass is 288 g/mol. The lowest BCUT2D eigenvalue weighted by Crippen LogP contribution is -2.18. The molecule has 3 rings (SSSR count). The van der Waals surface area contributed by atoms with Gasteiger partial charge in [0.25, 0.3) is 0 Å². The van der Waals surface area contributed by atoms with E-state index in [1.54, 1.807) is 18.2 Å². The van der Waals surface area contributed by atoms with Crippen molar-refractivity contribution in [2.75, 3.05) is 6.26 Å². The van der Waals surface area contributed by atoms with Crippen LogP contribution in [0.3, 0.4) is 0 Å². The Hall–Kier alpha value is -2.14. The number of carbonyl (C=O) groups is 1. The average Bonchev–Trinajstić information content (AvgIpc) is 2.37. The van der Waals surface area contributed by atoms with Gasteiger partial charge in [-0.1, -0.05) is 36.4 Å². The molecule has 20 heavy (non-hydrogen) atoms. The number of benzene rings is 2. The molecule has 0 bridgehead atoms. The number of carbonyl (C=O) groups excluding carboxylic acids is 1. The Kier molecular flexibility index (Phi) is 2.87. The summed E-state index contributed by atoms with van der Waals surface area (Å²) in [7, 11) is -3.66. The van der Waals surface area contributed by atoms with Crippen LogP contribution in [-0.2, 0) is 16.5 Å². The van der Waals surface area contributed by atoms with E-state index in [0.717, 1.165) is 17.4 Å². The average molecular weight is 288 g/mol. The van der Waals surface area contributed by atoms with Crippen LogP contribution in [0.4, 0.5) is 0 Å². The molecule has 0 fully saturated rings. The summed E-state index contributed by atoms with van der Waals surface area (Å²) in [6.45, 7) is 0. The third-order valence-corrected chi connectivity index (χ3v) is 3.71. The Balaban J connectivity index is 2.17. The van der Waals surface area contributed by atoms with E-state index < -0.39 is 10.1 Å². The Bertz CT molecular complexity index is 806. The van der Waals surface area contributed by atoms with E-state index in [4.69, 9.17) is 4.18 Å². The van der Waals surface area contributed by atoms with Crippen LogP contribution in [0.2, 0.25) is 0 Å². The maximum atomic E-state index is 12.5. The first-order valence-corrected chi connectivity index (χ1v) is 7.91. The standard InChI is InChI=1S/C15H12O4S/c1-20(17,18)19-13-8-4-6-11-9-10-5-2-3-7-12(10)15(16)14(11)13/h2-8H,9H2,1H3. The molecule has 2 aromatic carbocycles. The Morgan fingerprint density at radius 2 is 1.70 bits per heavy atom. The molecular formula is C15H12O4S. The van der Waals surface area contributed by atoms with Gasteiger partial charge in [-0.15, -0.1) is 0 Å². The molecule has 2 aromatic rings. The second-order valence-electron chi connectivity index (χ2n) is 4.74. The molecule has 0 atom stereocenters. The number of ketones is 1. The van der Waals surface area contributed by atoms with Gasteiger partial charge in [-0.05, 0) is 23.6 Å². The van der Waals surface area contributed by atoms with Gasteiger partial charge in [0.1, 0.15) is 0 Å². The van der Waals surface area contributed by atoms with Crippen LogP contribution in [0.25, 0.3) is 0 Å². The number of hydrogen-bond donors (Lipinski definition) is 0. The van der Waals surface area contributed by atoms with Crippen molar-refractivity contribution in [3.63, 3.8) is 0 Å². The van der Waals surface area contributed by atoms with Gasteiger partial charge in [0.15, 0.2) is 11.5 Å². The van der Waals surface area contributed by atoms with Gasteiger partial charge >= 0.3 is 10.1 Å². The molecule has 1 aliphatic rings. The molecule has 0 aromatic heterocycles. The molecule has 0 saturated carbocycles. The molecule has 4 nitrogen and oxygen atoms in total. The van der Waals surface area contributed by atoms with E-state index in [1.165, 1.54) is 6.07 Å². The molecule has 0 radical (unpaired) electrons. The predicted octanol–water partition coefficient (Wildman–Crippen LogP) is 2.16. The lowest BCUT2D eigenvalue weighted by Gasteiger charge is -2.20. The number of fused-ring (bicyclic) bond motifs is 2. The summed E-state index contributed by atoms with van der Waals surface area (Å²) in [5.74, 6) is -0.0920. The van der Waals surface area contributed by atoms with Crippen molar-refractivity contribution in [1.82, 2.24) is 0 Å². The molecule has 1 aliphatic carbocycles. The summed E-state index contributed by atoms with van der Waals surface area (Å²) in [4.78, 5) is 12.5. The summed E-state index contributed by atoms with van der Waals surface area (Å²) in [6.07, 6.45) is 1.56. The van der Waals surface area contributed by atoms with Gasteiger partial charge < -0.3 is 4.18 Å². The van der Waals surface area contributed by atoms with Gasteiger partial charge in [0.05, 0.1) is 11.8 Å². The van der Waals surface area contributed by atoms with E-state index in [-0.39, 0.29) is 11.5 Å². The van der Waals surface area contributed by atoms with E-state index in [1.807, 2.05) is 18.2 Å². The normalized spacial score (nSPS) is 13.6. The largest absolute Gasteiger partial charge is 0.382 e. The zero-order valence-corrected chi connectivity index (χ0v) is 11.6. The smallest absolute Gasteiger partial charge is 0.306 e. The second kappa shape index (κ2) is 4.45. The highest BCUT2D eigenvalue weighted by Gasteiger charge is 2.27. The molecule has 0 saturated heterocycles. The topological polar surface area (TPSA) is 60.4 Å². The highest BCUT2D eigenvalue weighted by Crippen LogP contribution is 2.33. The fraction of sp³-hybridized carbons (Fsp3) is 0.133. The first kappa shape index (κ1) is 12.9. The minimum atomic E-state index is -3.66. The fourth-order valence-corrected chi connectivity index (χ4v) is 2.92. The van der Waals surface area contributed by atoms with E-state index in [0.29, 0.717) is 17.5 Å². The Morgan fingerprint density at radius 3 is 2.45 bits per heavy atom. The van der Waals surface area contributed by atoms with Crippen molar-refractivity contribution in [3.05, 3.63) is 64.7 Å². The summed E-state index contributed by atoms with van der Waals surface area (Å²) in [6, 6.07) is 12.3. The number of rotatable bonds is 2. The van der Waals surface area contributed by atoms with Crippen LogP contribution in [0.5, 0.6) is 5.75 Å². The summed E-state index contributed by atoms with van der Waals surface area (Å²) in [5.41, 5.74) is 2.68. The molecular weight excluding hydrogens is 276 g/mol. The van der Waals surface area contributed by atoms with Crippen molar-refractivity contribution in [2.45, 2.75) is 6.42 Å². The molecule has 0 unspecified atom stereocenters. The fourth-order valence-electron chi connectivity index (χ4n) is 2.45. The third-order valence-electron chi connectivity index (χ3n) is 3.22. The van der Waals surface area contributed by atoms with Crippen molar-refractivity contribution in [2.24, 2.45) is 0 Å². The van der Waals surface area contributed by atoms with Crippen molar-refractivity contribution < 1.29 is 17.4 Å². The highest BCUT2D eigenvalue weighted by atomic mass is 32.2. The second-order valence-corrected chi connectivity index (χ2v) is 6.32. The van der Waals surface area contributed by atoms with Crippen LogP contribution in [-0.4, -0.2) is 20.5 Å². The van der Waals surface area contributed by atoms with Crippen LogP contribution >= 0.6 is 0 Å². The van der Waals surface area contributed by atoms with Gasteiger partial charge in [-0.3, -0.25) is 4.79 Å². The minimum Gasteiger partial charge on any atom is -0.382 e. The first-order chi connectivity index (χ1) is 9.46. The van der Waals surface area contributed by atoms with Crippen LogP contribution in [0.1, 0.15) is 27.0 Å². The maximum Gasteiger partial charge on any atom is 0.306 e. The Morgan fingerprint density at radius 1 is 1.00 bits per heavy atom. The zero-order chi connectivity index (χ0) is 14.3. The predicted molar refractivity (Wildman–Crippen MR) is 74.6 cm³/mol. The minimum absolute atomic E-state index is 0.101. The van der Waals surface area contributed by atoms with Gasteiger partial charge in [0.2, 0.25) is 0 Å². The Labute approximate surface area is 117 Å². The third kappa shape index (κ3) is 2.20. The summed E-state index contributed by atoms with van der Waals surface area (Å²) in [5, 5.41) is 0. The summed E-state index contributed by atoms with van der Waals surface area (Å²) < 4.78 is 27.5. The zero-order valence-electron chi connectivity index (χ0n) is 10.8. The summed E-state index contributed by atoms with van der Waals surface area (Å²) >= 11 is 0. The first-order valence-electron chi connectivity index (χ1n) is 6.09. The highest BCUT2D eigenvalue weighted by molar-refractivity contribution is 7.86. The van der Waals surface area contributed by atoms with Gasteiger partial charge in [-0.25, -0.2) is 0 Å². The molecule has 5 heteroatoms. The van der Waals surface area contributed by atoms with Crippen LogP contribution in [0, 0.1) is 0 Å². The molecule has 102 valence electrons. The SMILES string of the molecule is CS(=O)(=O)Oc1cccc2c1C(=O)c1ccccc1C2. The van der Waals surface area contributed by atoms with Gasteiger partial charge in [0, 0.05) is 5.56 Å². The van der Waals surface area contributed by atoms with E-state index in [2.05, 4.69) is 0 Å². The maximum absolute atomic E-state index is 12.5.